The highest BCUT2D eigenvalue weighted by Crippen LogP contribution is 2.19. The first-order chi connectivity index (χ1) is 7.31. The standard InChI is InChI=1S/C12H15BrO3/c1-12(2,3)16-11(15)9-4-8(7-14)5-10(13)6-9/h4-6,14H,7H2,1-3H3. The fourth-order valence-corrected chi connectivity index (χ4v) is 1.74. The minimum absolute atomic E-state index is 0.102. The number of hydrogen-bond acceptors (Lipinski definition) is 3. The molecule has 0 saturated carbocycles. The minimum atomic E-state index is -0.515. The molecular formula is C12H15BrO3. The van der Waals surface area contributed by atoms with E-state index in [2.05, 4.69) is 15.9 Å². The number of halogens is 1. The van der Waals surface area contributed by atoms with E-state index in [0.29, 0.717) is 11.1 Å². The van der Waals surface area contributed by atoms with Gasteiger partial charge in [0.1, 0.15) is 5.60 Å². The molecular weight excluding hydrogens is 272 g/mol. The summed E-state index contributed by atoms with van der Waals surface area (Å²) in [5.41, 5.74) is 0.599. The van der Waals surface area contributed by atoms with Crippen molar-refractivity contribution >= 4 is 21.9 Å². The number of rotatable bonds is 2. The van der Waals surface area contributed by atoms with Crippen molar-refractivity contribution in [2.24, 2.45) is 0 Å². The van der Waals surface area contributed by atoms with Gasteiger partial charge in [-0.15, -0.1) is 0 Å². The van der Waals surface area contributed by atoms with Crippen LogP contribution in [0.15, 0.2) is 22.7 Å². The van der Waals surface area contributed by atoms with Gasteiger partial charge in [0, 0.05) is 4.47 Å². The molecule has 0 spiro atoms. The topological polar surface area (TPSA) is 46.5 Å². The number of carbonyl (C=O) groups is 1. The minimum Gasteiger partial charge on any atom is -0.456 e. The van der Waals surface area contributed by atoms with E-state index in [9.17, 15) is 4.79 Å². The summed E-state index contributed by atoms with van der Waals surface area (Å²) < 4.78 is 5.99. The zero-order valence-corrected chi connectivity index (χ0v) is 11.2. The van der Waals surface area contributed by atoms with E-state index in [1.165, 1.54) is 0 Å². The zero-order chi connectivity index (χ0) is 12.3. The molecule has 1 aromatic rings. The van der Waals surface area contributed by atoms with Crippen LogP contribution in [-0.2, 0) is 11.3 Å². The average Bonchev–Trinajstić information content (AvgIpc) is 2.14. The predicted octanol–water partition coefficient (Wildman–Crippen LogP) is 2.90. The lowest BCUT2D eigenvalue weighted by Crippen LogP contribution is -2.24. The van der Waals surface area contributed by atoms with E-state index < -0.39 is 5.60 Å². The number of hydrogen-bond donors (Lipinski definition) is 1. The van der Waals surface area contributed by atoms with Crippen molar-refractivity contribution in [3.05, 3.63) is 33.8 Å². The smallest absolute Gasteiger partial charge is 0.338 e. The fourth-order valence-electron chi connectivity index (χ4n) is 1.20. The summed E-state index contributed by atoms with van der Waals surface area (Å²) in [5.74, 6) is -0.386. The molecule has 0 fully saturated rings. The molecule has 0 bridgehead atoms. The van der Waals surface area contributed by atoms with Crippen molar-refractivity contribution in [1.29, 1.82) is 0 Å². The molecule has 0 aromatic heterocycles. The highest BCUT2D eigenvalue weighted by Gasteiger charge is 2.18. The second-order valence-electron chi connectivity index (χ2n) is 4.51. The lowest BCUT2D eigenvalue weighted by atomic mass is 10.1. The Kier molecular flexibility index (Phi) is 4.10. The Morgan fingerprint density at radius 1 is 1.38 bits per heavy atom. The summed E-state index contributed by atoms with van der Waals surface area (Å²) in [5, 5.41) is 9.03. The summed E-state index contributed by atoms with van der Waals surface area (Å²) in [4.78, 5) is 11.8. The Morgan fingerprint density at radius 2 is 2.00 bits per heavy atom. The van der Waals surface area contributed by atoms with Crippen LogP contribution in [0, 0.1) is 0 Å². The molecule has 0 heterocycles. The number of aliphatic hydroxyl groups excluding tert-OH is 1. The fraction of sp³-hybridized carbons (Fsp3) is 0.417. The van der Waals surface area contributed by atoms with Crippen LogP contribution in [0.3, 0.4) is 0 Å². The third-order valence-electron chi connectivity index (χ3n) is 1.77. The third-order valence-corrected chi connectivity index (χ3v) is 2.23. The largest absolute Gasteiger partial charge is 0.456 e. The van der Waals surface area contributed by atoms with Crippen molar-refractivity contribution in [2.75, 3.05) is 0 Å². The van der Waals surface area contributed by atoms with Crippen molar-refractivity contribution in [1.82, 2.24) is 0 Å². The third kappa shape index (κ3) is 3.94. The first-order valence-corrected chi connectivity index (χ1v) is 5.75. The van der Waals surface area contributed by atoms with Crippen LogP contribution in [0.5, 0.6) is 0 Å². The van der Waals surface area contributed by atoms with Gasteiger partial charge in [-0.1, -0.05) is 15.9 Å². The molecule has 0 aliphatic heterocycles. The Morgan fingerprint density at radius 3 is 2.50 bits per heavy atom. The van der Waals surface area contributed by atoms with Crippen LogP contribution >= 0.6 is 15.9 Å². The van der Waals surface area contributed by atoms with Crippen LogP contribution in [-0.4, -0.2) is 16.7 Å². The van der Waals surface area contributed by atoms with Gasteiger partial charge in [-0.3, -0.25) is 0 Å². The first-order valence-electron chi connectivity index (χ1n) is 4.95. The van der Waals surface area contributed by atoms with Crippen LogP contribution in [0.25, 0.3) is 0 Å². The number of ether oxygens (including phenoxy) is 1. The second-order valence-corrected chi connectivity index (χ2v) is 5.42. The summed E-state index contributed by atoms with van der Waals surface area (Å²) in [6.45, 7) is 5.34. The zero-order valence-electron chi connectivity index (χ0n) is 9.58. The monoisotopic (exact) mass is 286 g/mol. The van der Waals surface area contributed by atoms with Gasteiger partial charge in [0.15, 0.2) is 0 Å². The van der Waals surface area contributed by atoms with Gasteiger partial charge in [0.2, 0.25) is 0 Å². The number of aliphatic hydroxyl groups is 1. The summed E-state index contributed by atoms with van der Waals surface area (Å²) in [6, 6.07) is 5.06. The molecule has 1 aromatic carbocycles. The molecule has 1 N–H and O–H groups in total. The average molecular weight is 287 g/mol. The van der Waals surface area contributed by atoms with E-state index in [0.717, 1.165) is 4.47 Å². The molecule has 4 heteroatoms. The van der Waals surface area contributed by atoms with Gasteiger partial charge in [0.25, 0.3) is 0 Å². The number of esters is 1. The molecule has 3 nitrogen and oxygen atoms in total. The van der Waals surface area contributed by atoms with E-state index in [1.807, 2.05) is 20.8 Å². The SMILES string of the molecule is CC(C)(C)OC(=O)c1cc(Br)cc(CO)c1. The molecule has 16 heavy (non-hydrogen) atoms. The Labute approximate surface area is 104 Å². The van der Waals surface area contributed by atoms with Crippen LogP contribution in [0.1, 0.15) is 36.7 Å². The van der Waals surface area contributed by atoms with E-state index >= 15 is 0 Å². The highest BCUT2D eigenvalue weighted by molar-refractivity contribution is 9.10. The van der Waals surface area contributed by atoms with Gasteiger partial charge in [-0.05, 0) is 44.5 Å². The summed E-state index contributed by atoms with van der Waals surface area (Å²) in [6.07, 6.45) is 0. The van der Waals surface area contributed by atoms with Gasteiger partial charge in [0.05, 0.1) is 12.2 Å². The molecule has 88 valence electrons. The summed E-state index contributed by atoms with van der Waals surface area (Å²) in [7, 11) is 0. The van der Waals surface area contributed by atoms with Gasteiger partial charge in [-0.25, -0.2) is 4.79 Å². The quantitative estimate of drug-likeness (QED) is 0.851. The van der Waals surface area contributed by atoms with Crippen molar-refractivity contribution in [3.8, 4) is 0 Å². The predicted molar refractivity (Wildman–Crippen MR) is 65.2 cm³/mol. The molecule has 0 aliphatic rings. The van der Waals surface area contributed by atoms with E-state index in [4.69, 9.17) is 9.84 Å². The summed E-state index contributed by atoms with van der Waals surface area (Å²) >= 11 is 3.28. The Balaban J connectivity index is 2.95. The highest BCUT2D eigenvalue weighted by atomic mass is 79.9. The normalized spacial score (nSPS) is 11.3. The lowest BCUT2D eigenvalue weighted by molar-refractivity contribution is 0.00693. The molecule has 0 atom stereocenters. The molecule has 0 amide bonds. The maximum Gasteiger partial charge on any atom is 0.338 e. The Bertz CT molecular complexity index is 394. The van der Waals surface area contributed by atoms with Crippen LogP contribution in [0.4, 0.5) is 0 Å². The van der Waals surface area contributed by atoms with Gasteiger partial charge in [-0.2, -0.15) is 0 Å². The molecule has 1 rings (SSSR count). The maximum atomic E-state index is 11.8. The van der Waals surface area contributed by atoms with E-state index in [1.54, 1.807) is 18.2 Å². The van der Waals surface area contributed by atoms with Gasteiger partial charge >= 0.3 is 5.97 Å². The van der Waals surface area contributed by atoms with Crippen LogP contribution in [0.2, 0.25) is 0 Å². The molecule has 0 saturated heterocycles. The molecule has 0 radical (unpaired) electrons. The first kappa shape index (κ1) is 13.2. The number of carbonyl (C=O) groups excluding carboxylic acids is 1. The van der Waals surface area contributed by atoms with E-state index in [-0.39, 0.29) is 12.6 Å². The Hall–Kier alpha value is -0.870. The van der Waals surface area contributed by atoms with Crippen LogP contribution < -0.4 is 0 Å². The van der Waals surface area contributed by atoms with Crippen molar-refractivity contribution in [2.45, 2.75) is 33.0 Å². The van der Waals surface area contributed by atoms with Crippen molar-refractivity contribution in [3.63, 3.8) is 0 Å². The van der Waals surface area contributed by atoms with Gasteiger partial charge < -0.3 is 9.84 Å². The number of benzene rings is 1. The lowest BCUT2D eigenvalue weighted by Gasteiger charge is -2.19. The van der Waals surface area contributed by atoms with Crippen molar-refractivity contribution < 1.29 is 14.6 Å². The second kappa shape index (κ2) is 4.97. The molecule has 0 unspecified atom stereocenters. The maximum absolute atomic E-state index is 11.8. The molecule has 0 aliphatic carbocycles.